The molecule has 4 heterocycles. The molecule has 1 aromatic heterocycles. The molecule has 0 saturated carbocycles. The van der Waals surface area contributed by atoms with Gasteiger partial charge >= 0.3 is 0 Å². The molecule has 2 atom stereocenters. The molecule has 5 rings (SSSR count). The van der Waals surface area contributed by atoms with Crippen molar-refractivity contribution in [2.24, 2.45) is 4.99 Å². The van der Waals surface area contributed by atoms with E-state index in [1.165, 1.54) is 16.7 Å². The zero-order valence-corrected chi connectivity index (χ0v) is 17.9. The standard InChI is InChI=1S/C25H30N4O/c1-18-5-3-4-9-26-23-16-25(27-17-22(18)23)29-12-10-28(11-13-29)19(2)21-7-6-20-8-14-30-24(20)15-21/h3-4,6-7,9,15-19H,5,8,10-14H2,1-2H3/b4-3+,26-9?. The molecular weight excluding hydrogens is 372 g/mol. The van der Waals surface area contributed by atoms with Crippen molar-refractivity contribution >= 4 is 17.7 Å². The van der Waals surface area contributed by atoms with Gasteiger partial charge in [0.2, 0.25) is 0 Å². The summed E-state index contributed by atoms with van der Waals surface area (Å²) in [5.74, 6) is 2.57. The van der Waals surface area contributed by atoms with Crippen LogP contribution in [0.5, 0.6) is 5.75 Å². The highest BCUT2D eigenvalue weighted by Gasteiger charge is 2.25. The Morgan fingerprint density at radius 3 is 2.87 bits per heavy atom. The number of piperazine rings is 1. The van der Waals surface area contributed by atoms with Crippen LogP contribution in [0.2, 0.25) is 0 Å². The molecule has 1 fully saturated rings. The number of pyridine rings is 1. The maximum absolute atomic E-state index is 5.77. The minimum absolute atomic E-state index is 0.391. The SMILES string of the molecule is CC1C/C=C/C=Nc2cc(N3CCN(C(C)c4ccc5c(c4)OCC5)CC3)ncc21. The summed E-state index contributed by atoms with van der Waals surface area (Å²) in [6.07, 6.45) is 10.2. The first kappa shape index (κ1) is 19.3. The molecule has 5 nitrogen and oxygen atoms in total. The van der Waals surface area contributed by atoms with Gasteiger partial charge in [-0.15, -0.1) is 0 Å². The third kappa shape index (κ3) is 3.74. The summed E-state index contributed by atoms with van der Waals surface area (Å²) in [5, 5.41) is 0. The molecule has 0 N–H and O–H groups in total. The predicted octanol–water partition coefficient (Wildman–Crippen LogP) is 4.67. The Bertz CT molecular complexity index is 975. The minimum Gasteiger partial charge on any atom is -0.493 e. The van der Waals surface area contributed by atoms with Crippen LogP contribution in [0.15, 0.2) is 47.6 Å². The molecule has 3 aliphatic rings. The molecule has 1 aromatic carbocycles. The number of aromatic nitrogens is 1. The Morgan fingerprint density at radius 2 is 2.00 bits per heavy atom. The zero-order chi connectivity index (χ0) is 20.5. The van der Waals surface area contributed by atoms with Crippen molar-refractivity contribution < 1.29 is 4.74 Å². The van der Waals surface area contributed by atoms with Crippen LogP contribution in [0.3, 0.4) is 0 Å². The summed E-state index contributed by atoms with van der Waals surface area (Å²) in [6.45, 7) is 9.39. The van der Waals surface area contributed by atoms with Crippen molar-refractivity contribution in [2.75, 3.05) is 37.7 Å². The second kappa shape index (κ2) is 8.23. The number of allylic oxidation sites excluding steroid dienone is 2. The number of nitrogens with zero attached hydrogens (tertiary/aromatic N) is 4. The smallest absolute Gasteiger partial charge is 0.130 e. The lowest BCUT2D eigenvalue weighted by atomic mass is 9.97. The van der Waals surface area contributed by atoms with Gasteiger partial charge in [0.15, 0.2) is 0 Å². The Hall–Kier alpha value is -2.66. The Labute approximate surface area is 179 Å². The van der Waals surface area contributed by atoms with Gasteiger partial charge < -0.3 is 9.64 Å². The topological polar surface area (TPSA) is 41.0 Å². The van der Waals surface area contributed by atoms with E-state index in [0.717, 1.165) is 62.9 Å². The number of hydrogen-bond acceptors (Lipinski definition) is 5. The Balaban J connectivity index is 1.27. The number of aliphatic imine (C=N–C) groups is 1. The molecule has 0 bridgehead atoms. The summed E-state index contributed by atoms with van der Waals surface area (Å²) < 4.78 is 5.77. The van der Waals surface area contributed by atoms with Crippen LogP contribution in [0, 0.1) is 0 Å². The number of benzene rings is 1. The lowest BCUT2D eigenvalue weighted by Gasteiger charge is -2.39. The average molecular weight is 403 g/mol. The van der Waals surface area contributed by atoms with Crippen LogP contribution in [0.1, 0.15) is 48.9 Å². The van der Waals surface area contributed by atoms with Gasteiger partial charge in [-0.3, -0.25) is 9.89 Å². The van der Waals surface area contributed by atoms with Gasteiger partial charge in [-0.25, -0.2) is 4.98 Å². The van der Waals surface area contributed by atoms with Gasteiger partial charge in [0.25, 0.3) is 0 Å². The first-order valence-corrected chi connectivity index (χ1v) is 11.1. The molecule has 30 heavy (non-hydrogen) atoms. The van der Waals surface area contributed by atoms with E-state index in [9.17, 15) is 0 Å². The van der Waals surface area contributed by atoms with Gasteiger partial charge in [0.05, 0.1) is 12.3 Å². The molecule has 1 saturated heterocycles. The van der Waals surface area contributed by atoms with Gasteiger partial charge in [0.1, 0.15) is 11.6 Å². The molecule has 0 radical (unpaired) electrons. The van der Waals surface area contributed by atoms with Crippen molar-refractivity contribution in [1.29, 1.82) is 0 Å². The fourth-order valence-corrected chi connectivity index (χ4v) is 4.69. The van der Waals surface area contributed by atoms with Gasteiger partial charge in [0, 0.05) is 57.1 Å². The predicted molar refractivity (Wildman–Crippen MR) is 122 cm³/mol. The van der Waals surface area contributed by atoms with Crippen LogP contribution in [-0.2, 0) is 6.42 Å². The lowest BCUT2D eigenvalue weighted by molar-refractivity contribution is 0.198. The van der Waals surface area contributed by atoms with Crippen molar-refractivity contribution in [1.82, 2.24) is 9.88 Å². The molecular formula is C25H30N4O. The van der Waals surface area contributed by atoms with Crippen LogP contribution >= 0.6 is 0 Å². The average Bonchev–Trinajstić information content (AvgIpc) is 3.25. The minimum atomic E-state index is 0.391. The molecule has 3 aliphatic heterocycles. The highest BCUT2D eigenvalue weighted by molar-refractivity contribution is 5.76. The van der Waals surface area contributed by atoms with Gasteiger partial charge in [-0.05, 0) is 48.1 Å². The van der Waals surface area contributed by atoms with E-state index >= 15 is 0 Å². The normalized spacial score (nSPS) is 23.1. The summed E-state index contributed by atoms with van der Waals surface area (Å²) in [7, 11) is 0. The van der Waals surface area contributed by atoms with E-state index in [0.29, 0.717) is 12.0 Å². The summed E-state index contributed by atoms with van der Waals surface area (Å²) in [6, 6.07) is 9.31. The summed E-state index contributed by atoms with van der Waals surface area (Å²) in [5.41, 5.74) is 4.99. The van der Waals surface area contributed by atoms with E-state index in [1.807, 2.05) is 18.5 Å². The fraction of sp³-hybridized carbons (Fsp3) is 0.440. The molecule has 2 aromatic rings. The highest BCUT2D eigenvalue weighted by atomic mass is 16.5. The van der Waals surface area contributed by atoms with Crippen LogP contribution in [0.25, 0.3) is 0 Å². The second-order valence-corrected chi connectivity index (χ2v) is 8.61. The van der Waals surface area contributed by atoms with Gasteiger partial charge in [-0.2, -0.15) is 0 Å². The van der Waals surface area contributed by atoms with Crippen molar-refractivity contribution in [3.05, 3.63) is 59.3 Å². The van der Waals surface area contributed by atoms with E-state index in [2.05, 4.69) is 59.0 Å². The number of fused-ring (bicyclic) bond motifs is 2. The largest absolute Gasteiger partial charge is 0.493 e. The zero-order valence-electron chi connectivity index (χ0n) is 17.9. The van der Waals surface area contributed by atoms with Crippen LogP contribution < -0.4 is 9.64 Å². The van der Waals surface area contributed by atoms with Crippen molar-refractivity contribution in [3.8, 4) is 5.75 Å². The molecule has 0 spiro atoms. The summed E-state index contributed by atoms with van der Waals surface area (Å²) in [4.78, 5) is 14.4. The van der Waals surface area contributed by atoms with Crippen LogP contribution in [0.4, 0.5) is 11.5 Å². The fourth-order valence-electron chi connectivity index (χ4n) is 4.69. The molecule has 5 heteroatoms. The second-order valence-electron chi connectivity index (χ2n) is 8.61. The maximum atomic E-state index is 5.77. The summed E-state index contributed by atoms with van der Waals surface area (Å²) >= 11 is 0. The van der Waals surface area contributed by atoms with Crippen LogP contribution in [-0.4, -0.2) is 48.9 Å². The van der Waals surface area contributed by atoms with E-state index in [-0.39, 0.29) is 0 Å². The number of ether oxygens (including phenoxy) is 1. The quantitative estimate of drug-likeness (QED) is 0.748. The Morgan fingerprint density at radius 1 is 1.13 bits per heavy atom. The Kier molecular flexibility index (Phi) is 5.30. The first-order valence-electron chi connectivity index (χ1n) is 11.1. The monoisotopic (exact) mass is 402 g/mol. The molecule has 0 aliphatic carbocycles. The maximum Gasteiger partial charge on any atom is 0.130 e. The first-order chi connectivity index (χ1) is 14.7. The van der Waals surface area contributed by atoms with E-state index in [4.69, 9.17) is 9.72 Å². The van der Waals surface area contributed by atoms with Crippen molar-refractivity contribution in [2.45, 2.75) is 38.6 Å². The van der Waals surface area contributed by atoms with Gasteiger partial charge in [-0.1, -0.05) is 25.1 Å². The van der Waals surface area contributed by atoms with E-state index < -0.39 is 0 Å². The number of hydrogen-bond donors (Lipinski definition) is 0. The van der Waals surface area contributed by atoms with E-state index in [1.54, 1.807) is 0 Å². The highest BCUT2D eigenvalue weighted by Crippen LogP contribution is 2.34. The number of anilines is 1. The number of rotatable bonds is 3. The molecule has 2 unspecified atom stereocenters. The molecule has 156 valence electrons. The lowest BCUT2D eigenvalue weighted by Crippen LogP contribution is -2.47. The third-order valence-corrected chi connectivity index (χ3v) is 6.74. The molecule has 0 amide bonds. The van der Waals surface area contributed by atoms with Crippen molar-refractivity contribution in [3.63, 3.8) is 0 Å². The third-order valence-electron chi connectivity index (χ3n) is 6.74.